The van der Waals surface area contributed by atoms with E-state index < -0.39 is 47.2 Å². The number of fused-ring (bicyclic) bond motifs is 3. The Balaban J connectivity index is 1.68. The van der Waals surface area contributed by atoms with Crippen LogP contribution in [0.1, 0.15) is 38.2 Å². The van der Waals surface area contributed by atoms with E-state index in [-0.39, 0.29) is 17.9 Å². The molecule has 0 radical (unpaired) electrons. The summed E-state index contributed by atoms with van der Waals surface area (Å²) in [7, 11) is 0. The molecule has 4 rings (SSSR count). The number of carbonyl (C=O) groups excluding carboxylic acids is 4. The topological polar surface area (TPSA) is 146 Å². The Morgan fingerprint density at radius 1 is 0.968 bits per heavy atom. The van der Waals surface area contributed by atoms with Crippen LogP contribution >= 0.6 is 0 Å². The van der Waals surface area contributed by atoms with E-state index in [1.807, 2.05) is 37.3 Å². The molecule has 2 unspecified atom stereocenters. The quantitative estimate of drug-likeness (QED) is 0.548. The van der Waals surface area contributed by atoms with Crippen LogP contribution in [0, 0.1) is 0 Å². The third kappa shape index (κ3) is 3.16. The monoisotopic (exact) mass is 433 g/mol. The third-order valence-corrected chi connectivity index (χ3v) is 6.24. The standard InChI is InChI=1S/C20H23N3O8/c1-2-21-19(12-6-4-3-5-7-12)8-10-20(11-9-19)17(28)22-18(29)23(20)31-16(27)14(25)13(24)15(26)30-22/h3-7,13-14,21,24-25H,2,8-11H2,1H3. The van der Waals surface area contributed by atoms with Gasteiger partial charge in [-0.05, 0) is 37.8 Å². The van der Waals surface area contributed by atoms with Crippen LogP contribution in [0.2, 0.25) is 0 Å². The fraction of sp³-hybridized carbons (Fsp3) is 0.500. The average molecular weight is 433 g/mol. The molecule has 0 aromatic heterocycles. The summed E-state index contributed by atoms with van der Waals surface area (Å²) in [6, 6.07) is 8.52. The molecule has 1 aliphatic carbocycles. The Hall–Kier alpha value is -3.02. The van der Waals surface area contributed by atoms with Crippen LogP contribution in [-0.2, 0) is 29.6 Å². The van der Waals surface area contributed by atoms with Crippen molar-refractivity contribution in [3.63, 3.8) is 0 Å². The lowest BCUT2D eigenvalue weighted by molar-refractivity contribution is -0.215. The second kappa shape index (κ2) is 7.59. The van der Waals surface area contributed by atoms with Crippen molar-refractivity contribution in [2.24, 2.45) is 0 Å². The first kappa shape index (κ1) is 21.2. The molecule has 2 atom stereocenters. The Labute approximate surface area is 177 Å². The van der Waals surface area contributed by atoms with Crippen LogP contribution < -0.4 is 5.32 Å². The average Bonchev–Trinajstić information content (AvgIpc) is 2.97. The van der Waals surface area contributed by atoms with Gasteiger partial charge in [0, 0.05) is 5.54 Å². The number of aliphatic hydroxyl groups is 2. The van der Waals surface area contributed by atoms with Gasteiger partial charge in [0.1, 0.15) is 0 Å². The Morgan fingerprint density at radius 3 is 2.13 bits per heavy atom. The van der Waals surface area contributed by atoms with Crippen LogP contribution in [0.25, 0.3) is 0 Å². The number of imide groups is 1. The predicted octanol–water partition coefficient (Wildman–Crippen LogP) is -0.280. The van der Waals surface area contributed by atoms with Gasteiger partial charge in [0.2, 0.25) is 0 Å². The minimum atomic E-state index is -2.30. The van der Waals surface area contributed by atoms with Gasteiger partial charge in [-0.3, -0.25) is 4.79 Å². The third-order valence-electron chi connectivity index (χ3n) is 6.24. The zero-order valence-corrected chi connectivity index (χ0v) is 16.8. The van der Waals surface area contributed by atoms with E-state index in [4.69, 9.17) is 9.68 Å². The van der Waals surface area contributed by atoms with Gasteiger partial charge in [-0.2, -0.15) is 0 Å². The molecule has 11 heteroatoms. The summed E-state index contributed by atoms with van der Waals surface area (Å²) < 4.78 is 0. The van der Waals surface area contributed by atoms with Crippen molar-refractivity contribution in [2.75, 3.05) is 6.54 Å². The number of aliphatic hydroxyl groups excluding tert-OH is 2. The highest BCUT2D eigenvalue weighted by atomic mass is 16.8. The van der Waals surface area contributed by atoms with E-state index >= 15 is 0 Å². The maximum atomic E-state index is 13.2. The summed E-state index contributed by atoms with van der Waals surface area (Å²) in [5.41, 5.74) is -1.02. The molecule has 31 heavy (non-hydrogen) atoms. The Bertz CT molecular complexity index is 912. The van der Waals surface area contributed by atoms with Gasteiger partial charge in [0.25, 0.3) is 5.91 Å². The zero-order valence-electron chi connectivity index (χ0n) is 16.8. The summed E-state index contributed by atoms with van der Waals surface area (Å²) in [4.78, 5) is 59.9. The first-order valence-electron chi connectivity index (χ1n) is 10.0. The van der Waals surface area contributed by atoms with Gasteiger partial charge >= 0.3 is 18.0 Å². The first-order valence-corrected chi connectivity index (χ1v) is 10.0. The zero-order chi connectivity index (χ0) is 22.4. The molecule has 2 aliphatic heterocycles. The fourth-order valence-electron chi connectivity index (χ4n) is 4.55. The van der Waals surface area contributed by atoms with Crippen LogP contribution in [0.4, 0.5) is 4.79 Å². The van der Waals surface area contributed by atoms with Crippen molar-refractivity contribution in [1.82, 2.24) is 15.4 Å². The minimum Gasteiger partial charge on any atom is -0.379 e. The van der Waals surface area contributed by atoms with Gasteiger partial charge in [-0.1, -0.05) is 42.3 Å². The number of carbonyl (C=O) groups is 4. The van der Waals surface area contributed by atoms with Crippen LogP contribution in [0.3, 0.4) is 0 Å². The number of hydrogen-bond acceptors (Lipinski definition) is 9. The lowest BCUT2D eigenvalue weighted by Crippen LogP contribution is -2.58. The number of amides is 3. The lowest BCUT2D eigenvalue weighted by Gasteiger charge is -2.46. The highest BCUT2D eigenvalue weighted by molar-refractivity contribution is 6.07. The summed E-state index contributed by atoms with van der Waals surface area (Å²) in [6.07, 6.45) is -3.49. The predicted molar refractivity (Wildman–Crippen MR) is 101 cm³/mol. The summed E-state index contributed by atoms with van der Waals surface area (Å²) in [6.45, 7) is 2.63. The van der Waals surface area contributed by atoms with Crippen LogP contribution in [-0.4, -0.2) is 68.5 Å². The van der Waals surface area contributed by atoms with Crippen molar-refractivity contribution in [2.45, 2.75) is 55.9 Å². The van der Waals surface area contributed by atoms with Crippen molar-refractivity contribution in [3.05, 3.63) is 35.9 Å². The molecule has 3 fully saturated rings. The second-order valence-electron chi connectivity index (χ2n) is 7.90. The molecule has 3 amide bonds. The SMILES string of the molecule is CCNC1(c2ccccc2)CCC2(CC1)C(=O)N1OC(=O)C(O)C(O)C(=O)ON2C1=O. The molecule has 11 nitrogen and oxygen atoms in total. The Kier molecular flexibility index (Phi) is 5.20. The molecule has 2 bridgehead atoms. The minimum absolute atomic E-state index is 0.111. The van der Waals surface area contributed by atoms with Crippen molar-refractivity contribution < 1.29 is 39.1 Å². The summed E-state index contributed by atoms with van der Waals surface area (Å²) >= 11 is 0. The van der Waals surface area contributed by atoms with Gasteiger partial charge < -0.3 is 25.2 Å². The van der Waals surface area contributed by atoms with E-state index in [0.717, 1.165) is 5.56 Å². The summed E-state index contributed by atoms with van der Waals surface area (Å²) in [5.74, 6) is -3.80. The smallest absolute Gasteiger partial charge is 0.379 e. The van der Waals surface area contributed by atoms with Crippen LogP contribution in [0.15, 0.2) is 30.3 Å². The summed E-state index contributed by atoms with van der Waals surface area (Å²) in [5, 5.41) is 23.8. The van der Waals surface area contributed by atoms with Crippen molar-refractivity contribution >= 4 is 23.9 Å². The molecular formula is C20H23N3O8. The number of nitrogens with one attached hydrogen (secondary N) is 1. The molecular weight excluding hydrogens is 410 g/mol. The maximum Gasteiger partial charge on any atom is 0.395 e. The van der Waals surface area contributed by atoms with Gasteiger partial charge in [0.05, 0.1) is 0 Å². The molecule has 1 spiro atoms. The Morgan fingerprint density at radius 2 is 1.55 bits per heavy atom. The molecule has 166 valence electrons. The van der Waals surface area contributed by atoms with Crippen LogP contribution in [0.5, 0.6) is 0 Å². The molecule has 2 saturated heterocycles. The van der Waals surface area contributed by atoms with Gasteiger partial charge in [-0.15, -0.1) is 5.06 Å². The van der Waals surface area contributed by atoms with Gasteiger partial charge in [-0.25, -0.2) is 14.4 Å². The number of rotatable bonds is 3. The van der Waals surface area contributed by atoms with E-state index in [9.17, 15) is 29.4 Å². The highest BCUT2D eigenvalue weighted by Gasteiger charge is 2.65. The number of hydrogen-bond donors (Lipinski definition) is 3. The van der Waals surface area contributed by atoms with Gasteiger partial charge in [0.15, 0.2) is 17.7 Å². The number of hydroxylamine groups is 4. The molecule has 1 saturated carbocycles. The first-order chi connectivity index (χ1) is 14.8. The molecule has 1 aromatic rings. The largest absolute Gasteiger partial charge is 0.395 e. The fourth-order valence-corrected chi connectivity index (χ4v) is 4.55. The normalized spacial score (nSPS) is 33.6. The van der Waals surface area contributed by atoms with Crippen molar-refractivity contribution in [3.8, 4) is 0 Å². The molecule has 3 aliphatic rings. The molecule has 2 heterocycles. The molecule has 1 aromatic carbocycles. The number of nitrogens with zero attached hydrogens (tertiary/aromatic N) is 2. The highest BCUT2D eigenvalue weighted by Crippen LogP contribution is 2.47. The van der Waals surface area contributed by atoms with E-state index in [2.05, 4.69) is 5.32 Å². The van der Waals surface area contributed by atoms with E-state index in [0.29, 0.717) is 24.4 Å². The van der Waals surface area contributed by atoms with Crippen molar-refractivity contribution in [1.29, 1.82) is 0 Å². The van der Waals surface area contributed by atoms with E-state index in [1.54, 1.807) is 0 Å². The lowest BCUT2D eigenvalue weighted by atomic mass is 9.69. The van der Waals surface area contributed by atoms with E-state index in [1.165, 1.54) is 0 Å². The number of urea groups is 1. The maximum absolute atomic E-state index is 13.2. The molecule has 3 N–H and O–H groups in total. The number of benzene rings is 1. The second-order valence-corrected chi connectivity index (χ2v) is 7.90.